The van der Waals surface area contributed by atoms with Crippen molar-refractivity contribution in [1.29, 1.82) is 0 Å². The van der Waals surface area contributed by atoms with Crippen LogP contribution in [0.4, 0.5) is 0 Å². The molecule has 0 bridgehead atoms. The zero-order valence-electron chi connectivity index (χ0n) is 18.7. The molecule has 1 aliphatic heterocycles. The molecule has 8 nitrogen and oxygen atoms in total. The Balaban J connectivity index is 1.20. The molecular formula is C26H26N4O4. The molecule has 1 aliphatic rings. The van der Waals surface area contributed by atoms with Gasteiger partial charge in [-0.15, -0.1) is 0 Å². The minimum Gasteiger partial charge on any atom is -0.490 e. The summed E-state index contributed by atoms with van der Waals surface area (Å²) in [4.78, 5) is 21.3. The van der Waals surface area contributed by atoms with Crippen LogP contribution in [0, 0.1) is 0 Å². The number of amides is 1. The molecule has 174 valence electrons. The average Bonchev–Trinajstić information content (AvgIpc) is 3.31. The second-order valence-electron chi connectivity index (χ2n) is 8.04. The average molecular weight is 459 g/mol. The predicted octanol–water partition coefficient (Wildman–Crippen LogP) is 3.79. The van der Waals surface area contributed by atoms with Crippen molar-refractivity contribution in [2.45, 2.75) is 18.9 Å². The summed E-state index contributed by atoms with van der Waals surface area (Å²) in [5.74, 6) is 1.26. The van der Waals surface area contributed by atoms with Crippen molar-refractivity contribution in [3.05, 3.63) is 78.8 Å². The lowest BCUT2D eigenvalue weighted by Gasteiger charge is -2.23. The molecule has 0 spiro atoms. The van der Waals surface area contributed by atoms with Crippen molar-refractivity contribution in [3.63, 3.8) is 0 Å². The summed E-state index contributed by atoms with van der Waals surface area (Å²) in [5.41, 5.74) is 3.27. The Bertz CT molecular complexity index is 1230. The standard InChI is InChI=1S/C26H26N4O4/c31-26(29-20-10-13-32-14-11-20)19-4-9-24-23(17-19)28-18-30(24)21-5-7-22(8-6-21)33-15-16-34-25-3-1-2-12-27-25/h1-9,12,17-18,20H,10-11,13-16H2,(H,29,31). The van der Waals surface area contributed by atoms with Gasteiger partial charge in [0, 0.05) is 42.8 Å². The van der Waals surface area contributed by atoms with Gasteiger partial charge < -0.3 is 19.5 Å². The molecule has 0 aliphatic carbocycles. The fraction of sp³-hybridized carbons (Fsp3) is 0.269. The first-order chi connectivity index (χ1) is 16.8. The Kier molecular flexibility index (Phi) is 6.67. The van der Waals surface area contributed by atoms with Crippen molar-refractivity contribution in [2.75, 3.05) is 26.4 Å². The number of carbonyl (C=O) groups is 1. The van der Waals surface area contributed by atoms with E-state index in [4.69, 9.17) is 14.2 Å². The summed E-state index contributed by atoms with van der Waals surface area (Å²) in [6, 6.07) is 19.1. The van der Waals surface area contributed by atoms with Gasteiger partial charge in [-0.3, -0.25) is 9.36 Å². The van der Waals surface area contributed by atoms with Crippen LogP contribution in [0.25, 0.3) is 16.7 Å². The highest BCUT2D eigenvalue weighted by atomic mass is 16.5. The predicted molar refractivity (Wildman–Crippen MR) is 128 cm³/mol. The van der Waals surface area contributed by atoms with Gasteiger partial charge in [-0.2, -0.15) is 0 Å². The van der Waals surface area contributed by atoms with Crippen LogP contribution in [0.15, 0.2) is 73.2 Å². The van der Waals surface area contributed by atoms with Gasteiger partial charge in [0.25, 0.3) is 5.91 Å². The normalized spacial score (nSPS) is 14.1. The highest BCUT2D eigenvalue weighted by Gasteiger charge is 2.17. The molecule has 4 aromatic rings. The van der Waals surface area contributed by atoms with Gasteiger partial charge in [-0.05, 0) is 61.4 Å². The number of aromatic nitrogens is 3. The van der Waals surface area contributed by atoms with E-state index in [0.717, 1.165) is 35.3 Å². The van der Waals surface area contributed by atoms with E-state index in [9.17, 15) is 4.79 Å². The van der Waals surface area contributed by atoms with Gasteiger partial charge >= 0.3 is 0 Å². The third-order valence-electron chi connectivity index (χ3n) is 5.72. The zero-order chi connectivity index (χ0) is 23.2. The van der Waals surface area contributed by atoms with E-state index in [1.54, 1.807) is 12.5 Å². The third-order valence-corrected chi connectivity index (χ3v) is 5.72. The number of rotatable bonds is 8. The number of carbonyl (C=O) groups excluding carboxylic acids is 1. The first-order valence-electron chi connectivity index (χ1n) is 11.4. The van der Waals surface area contributed by atoms with Crippen molar-refractivity contribution >= 4 is 16.9 Å². The van der Waals surface area contributed by atoms with Crippen molar-refractivity contribution in [2.24, 2.45) is 0 Å². The van der Waals surface area contributed by atoms with Crippen LogP contribution in [0.2, 0.25) is 0 Å². The Hall–Kier alpha value is -3.91. The van der Waals surface area contributed by atoms with E-state index >= 15 is 0 Å². The van der Waals surface area contributed by atoms with Crippen LogP contribution in [-0.2, 0) is 4.74 Å². The minimum absolute atomic E-state index is 0.0723. The number of nitrogens with one attached hydrogen (secondary N) is 1. The van der Waals surface area contributed by atoms with Crippen LogP contribution in [-0.4, -0.2) is 52.9 Å². The Morgan fingerprint density at radius 3 is 2.62 bits per heavy atom. The molecule has 5 rings (SSSR count). The number of benzene rings is 2. The Labute approximate surface area is 197 Å². The number of nitrogens with zero attached hydrogens (tertiary/aromatic N) is 3. The van der Waals surface area contributed by atoms with E-state index in [2.05, 4.69) is 15.3 Å². The van der Waals surface area contributed by atoms with Crippen LogP contribution in [0.5, 0.6) is 11.6 Å². The summed E-state index contributed by atoms with van der Waals surface area (Å²) in [6.45, 7) is 2.21. The number of pyridine rings is 1. The highest BCUT2D eigenvalue weighted by Crippen LogP contribution is 2.22. The lowest BCUT2D eigenvalue weighted by Crippen LogP contribution is -2.38. The molecule has 2 aromatic carbocycles. The zero-order valence-corrected chi connectivity index (χ0v) is 18.7. The second kappa shape index (κ2) is 10.4. The Morgan fingerprint density at radius 1 is 1.00 bits per heavy atom. The topological polar surface area (TPSA) is 87.5 Å². The van der Waals surface area contributed by atoms with Gasteiger partial charge in [0.2, 0.25) is 5.88 Å². The van der Waals surface area contributed by atoms with E-state index in [1.807, 2.05) is 65.2 Å². The molecule has 1 fully saturated rings. The van der Waals surface area contributed by atoms with E-state index < -0.39 is 0 Å². The Morgan fingerprint density at radius 2 is 1.82 bits per heavy atom. The van der Waals surface area contributed by atoms with Crippen molar-refractivity contribution in [3.8, 4) is 17.3 Å². The van der Waals surface area contributed by atoms with E-state index in [1.165, 1.54) is 0 Å². The monoisotopic (exact) mass is 458 g/mol. The molecule has 3 heterocycles. The largest absolute Gasteiger partial charge is 0.490 e. The molecule has 1 amide bonds. The summed E-state index contributed by atoms with van der Waals surface area (Å²) in [7, 11) is 0. The number of fused-ring (bicyclic) bond motifs is 1. The first kappa shape index (κ1) is 21.9. The van der Waals surface area contributed by atoms with Crippen LogP contribution in [0.1, 0.15) is 23.2 Å². The number of ether oxygens (including phenoxy) is 3. The van der Waals surface area contributed by atoms with Crippen molar-refractivity contribution in [1.82, 2.24) is 19.9 Å². The molecule has 0 radical (unpaired) electrons. The third kappa shape index (κ3) is 5.18. The molecule has 0 atom stereocenters. The van der Waals surface area contributed by atoms with E-state index in [-0.39, 0.29) is 11.9 Å². The van der Waals surface area contributed by atoms with Gasteiger partial charge in [0.1, 0.15) is 25.3 Å². The fourth-order valence-electron chi connectivity index (χ4n) is 3.91. The summed E-state index contributed by atoms with van der Waals surface area (Å²) in [5, 5.41) is 3.09. The number of imidazole rings is 1. The van der Waals surface area contributed by atoms with Gasteiger partial charge in [-0.25, -0.2) is 9.97 Å². The van der Waals surface area contributed by atoms with E-state index in [0.29, 0.717) is 37.9 Å². The molecule has 1 N–H and O–H groups in total. The van der Waals surface area contributed by atoms with Crippen molar-refractivity contribution < 1.29 is 19.0 Å². The second-order valence-corrected chi connectivity index (χ2v) is 8.04. The molecular weight excluding hydrogens is 432 g/mol. The number of hydrogen-bond donors (Lipinski definition) is 1. The van der Waals surface area contributed by atoms with Gasteiger partial charge in [0.15, 0.2) is 0 Å². The maximum Gasteiger partial charge on any atom is 0.251 e. The quantitative estimate of drug-likeness (QED) is 0.404. The molecule has 1 saturated heterocycles. The molecule has 34 heavy (non-hydrogen) atoms. The molecule has 8 heteroatoms. The SMILES string of the molecule is O=C(NC1CCOCC1)c1ccc2c(c1)ncn2-c1ccc(OCCOc2ccccn2)cc1. The summed E-state index contributed by atoms with van der Waals surface area (Å²) < 4.78 is 18.7. The number of hydrogen-bond acceptors (Lipinski definition) is 6. The summed E-state index contributed by atoms with van der Waals surface area (Å²) >= 11 is 0. The van der Waals surface area contributed by atoms with Crippen LogP contribution < -0.4 is 14.8 Å². The minimum atomic E-state index is -0.0723. The van der Waals surface area contributed by atoms with Crippen LogP contribution >= 0.6 is 0 Å². The lowest BCUT2D eigenvalue weighted by molar-refractivity contribution is 0.0696. The van der Waals surface area contributed by atoms with Gasteiger partial charge in [-0.1, -0.05) is 6.07 Å². The highest BCUT2D eigenvalue weighted by molar-refractivity contribution is 5.97. The maximum atomic E-state index is 12.6. The maximum absolute atomic E-state index is 12.6. The summed E-state index contributed by atoms with van der Waals surface area (Å²) in [6.07, 6.45) is 5.15. The first-order valence-corrected chi connectivity index (χ1v) is 11.4. The molecule has 0 saturated carbocycles. The lowest BCUT2D eigenvalue weighted by atomic mass is 10.1. The van der Waals surface area contributed by atoms with Gasteiger partial charge in [0.05, 0.1) is 11.0 Å². The smallest absolute Gasteiger partial charge is 0.251 e. The fourth-order valence-corrected chi connectivity index (χ4v) is 3.91. The van der Waals surface area contributed by atoms with Crippen LogP contribution in [0.3, 0.4) is 0 Å². The molecule has 2 aromatic heterocycles. The molecule has 0 unspecified atom stereocenters.